The van der Waals surface area contributed by atoms with Crippen molar-refractivity contribution in [3.63, 3.8) is 0 Å². The number of sulfonamides is 1. The molecule has 0 bridgehead atoms. The van der Waals surface area contributed by atoms with E-state index in [0.717, 1.165) is 49.6 Å². The number of allylic oxidation sites excluding steroid dienone is 2. The quantitative estimate of drug-likeness (QED) is 0.557. The van der Waals surface area contributed by atoms with Gasteiger partial charge in [0, 0.05) is 56.4 Å². The molecule has 3 aliphatic rings. The second-order valence-corrected chi connectivity index (χ2v) is 11.8. The van der Waals surface area contributed by atoms with E-state index in [0.29, 0.717) is 12.5 Å². The normalized spacial score (nSPS) is 22.5. The summed E-state index contributed by atoms with van der Waals surface area (Å²) < 4.78 is 25.5. The highest BCUT2D eigenvalue weighted by Crippen LogP contribution is 2.44. The SMILES string of the molecule is CC.CCC(CCN(C)S(C)(=O)=O)C1c2ccc(Cl)cc2C=C(N2CCNCC2)C2=CC=CNC21. The molecule has 2 N–H and O–H groups in total. The van der Waals surface area contributed by atoms with Gasteiger partial charge in [-0.2, -0.15) is 0 Å². The highest BCUT2D eigenvalue weighted by molar-refractivity contribution is 7.88. The van der Waals surface area contributed by atoms with Crippen LogP contribution < -0.4 is 10.6 Å². The van der Waals surface area contributed by atoms with E-state index in [-0.39, 0.29) is 12.0 Å². The van der Waals surface area contributed by atoms with Gasteiger partial charge in [-0.1, -0.05) is 50.9 Å². The number of fused-ring (bicyclic) bond motifs is 2. The van der Waals surface area contributed by atoms with Crippen molar-refractivity contribution in [1.29, 1.82) is 0 Å². The smallest absolute Gasteiger partial charge is 0.210 e. The molecule has 3 unspecified atom stereocenters. The summed E-state index contributed by atoms with van der Waals surface area (Å²) in [5, 5.41) is 7.86. The zero-order valence-corrected chi connectivity index (χ0v) is 23.3. The molecule has 1 aromatic rings. The Balaban J connectivity index is 0.00000167. The van der Waals surface area contributed by atoms with Crippen molar-refractivity contribution in [3.05, 3.63) is 64.0 Å². The lowest BCUT2D eigenvalue weighted by molar-refractivity contribution is 0.287. The molecule has 2 aliphatic heterocycles. The van der Waals surface area contributed by atoms with Crippen LogP contribution in [0.1, 0.15) is 50.7 Å². The summed E-state index contributed by atoms with van der Waals surface area (Å²) in [5.41, 5.74) is 4.99. The van der Waals surface area contributed by atoms with Gasteiger partial charge in [0.1, 0.15) is 0 Å². The first kappa shape index (κ1) is 27.8. The maximum atomic E-state index is 12.0. The van der Waals surface area contributed by atoms with Crippen LogP contribution in [0.4, 0.5) is 0 Å². The molecule has 1 saturated heterocycles. The van der Waals surface area contributed by atoms with Crippen LogP contribution in [-0.2, 0) is 10.0 Å². The number of benzene rings is 1. The first-order chi connectivity index (χ1) is 16.8. The predicted molar refractivity (Wildman–Crippen MR) is 148 cm³/mol. The van der Waals surface area contributed by atoms with Gasteiger partial charge in [0.2, 0.25) is 10.0 Å². The lowest BCUT2D eigenvalue weighted by atomic mass is 9.74. The zero-order valence-electron chi connectivity index (χ0n) is 21.7. The Morgan fingerprint density at radius 1 is 1.23 bits per heavy atom. The minimum absolute atomic E-state index is 0.118. The molecular weight excluding hydrogens is 480 g/mol. The molecule has 1 fully saturated rings. The number of piperazine rings is 1. The summed E-state index contributed by atoms with van der Waals surface area (Å²) >= 11 is 6.46. The maximum Gasteiger partial charge on any atom is 0.210 e. The van der Waals surface area contributed by atoms with E-state index in [1.807, 2.05) is 26.1 Å². The molecular formula is C27H41ClN4O2S. The number of halogens is 1. The summed E-state index contributed by atoms with van der Waals surface area (Å²) in [4.78, 5) is 2.47. The number of nitrogens with one attached hydrogen (secondary N) is 2. The lowest BCUT2D eigenvalue weighted by Gasteiger charge is -2.39. The summed E-state index contributed by atoms with van der Waals surface area (Å²) in [6, 6.07) is 6.34. The fourth-order valence-corrected chi connectivity index (χ4v) is 5.90. The van der Waals surface area contributed by atoms with Crippen LogP contribution in [0.15, 0.2) is 47.8 Å². The van der Waals surface area contributed by atoms with E-state index in [9.17, 15) is 8.42 Å². The number of hydrogen-bond acceptors (Lipinski definition) is 5. The monoisotopic (exact) mass is 520 g/mol. The number of nitrogens with zero attached hydrogens (tertiary/aromatic N) is 2. The molecule has 0 radical (unpaired) electrons. The van der Waals surface area contributed by atoms with Crippen molar-refractivity contribution in [1.82, 2.24) is 19.8 Å². The summed E-state index contributed by atoms with van der Waals surface area (Å²) in [6.07, 6.45) is 11.7. The van der Waals surface area contributed by atoms with Crippen molar-refractivity contribution in [3.8, 4) is 0 Å². The summed E-state index contributed by atoms with van der Waals surface area (Å²) in [6.45, 7) is 10.6. The van der Waals surface area contributed by atoms with Crippen molar-refractivity contribution in [2.75, 3.05) is 46.0 Å². The van der Waals surface area contributed by atoms with Gasteiger partial charge >= 0.3 is 0 Å². The number of dihydropyridines is 1. The molecule has 1 aromatic carbocycles. The van der Waals surface area contributed by atoms with E-state index in [4.69, 9.17) is 11.6 Å². The molecule has 0 spiro atoms. The van der Waals surface area contributed by atoms with E-state index >= 15 is 0 Å². The van der Waals surface area contributed by atoms with Crippen LogP contribution in [0, 0.1) is 5.92 Å². The summed E-state index contributed by atoms with van der Waals surface area (Å²) in [7, 11) is -1.54. The van der Waals surface area contributed by atoms with Crippen molar-refractivity contribution >= 4 is 27.7 Å². The Labute approximate surface area is 217 Å². The van der Waals surface area contributed by atoms with Gasteiger partial charge in [-0.3, -0.25) is 0 Å². The highest BCUT2D eigenvalue weighted by Gasteiger charge is 2.38. The first-order valence-electron chi connectivity index (χ1n) is 12.8. The molecule has 2 heterocycles. The molecule has 8 heteroatoms. The van der Waals surface area contributed by atoms with Crippen LogP contribution in [-0.4, -0.2) is 69.7 Å². The first-order valence-corrected chi connectivity index (χ1v) is 15.0. The number of rotatable bonds is 7. The zero-order chi connectivity index (χ0) is 25.6. The number of hydrogen-bond donors (Lipinski definition) is 2. The fraction of sp³-hybridized carbons (Fsp3) is 0.556. The van der Waals surface area contributed by atoms with Crippen molar-refractivity contribution in [2.24, 2.45) is 5.92 Å². The van der Waals surface area contributed by atoms with Gasteiger partial charge in [-0.25, -0.2) is 12.7 Å². The van der Waals surface area contributed by atoms with Crippen molar-refractivity contribution < 1.29 is 8.42 Å². The van der Waals surface area contributed by atoms with E-state index in [1.54, 1.807) is 7.05 Å². The Kier molecular flexibility index (Phi) is 9.87. The van der Waals surface area contributed by atoms with E-state index in [2.05, 4.69) is 52.8 Å². The Bertz CT molecular complexity index is 1060. The molecule has 0 saturated carbocycles. The van der Waals surface area contributed by atoms with Crippen LogP contribution >= 0.6 is 11.6 Å². The van der Waals surface area contributed by atoms with Crippen LogP contribution in [0.5, 0.6) is 0 Å². The molecule has 35 heavy (non-hydrogen) atoms. The molecule has 3 atom stereocenters. The minimum atomic E-state index is -3.20. The van der Waals surface area contributed by atoms with Gasteiger partial charge < -0.3 is 15.5 Å². The molecule has 4 rings (SSSR count). The molecule has 0 aromatic heterocycles. The third-order valence-electron chi connectivity index (χ3n) is 7.21. The highest BCUT2D eigenvalue weighted by atomic mass is 35.5. The minimum Gasteiger partial charge on any atom is -0.383 e. The fourth-order valence-electron chi connectivity index (χ4n) is 5.29. The third kappa shape index (κ3) is 6.50. The Morgan fingerprint density at radius 3 is 2.60 bits per heavy atom. The Morgan fingerprint density at radius 2 is 1.94 bits per heavy atom. The van der Waals surface area contributed by atoms with Crippen LogP contribution in [0.2, 0.25) is 5.02 Å². The largest absolute Gasteiger partial charge is 0.383 e. The van der Waals surface area contributed by atoms with Gasteiger partial charge in [0.05, 0.1) is 12.3 Å². The standard InChI is InChI=1S/C25H35ClN4O2S.C2H6/c1-4-18(9-13-29(2)33(3,31)32)24-21-8-7-20(26)16-19(21)17-23(30-14-11-27-12-15-30)22-6-5-10-28-25(22)24;1-2/h5-8,10,16-18,24-25,27-28H,4,9,11-15H2,1-3H3;1-2H3. The van der Waals surface area contributed by atoms with Gasteiger partial charge in [-0.05, 0) is 59.5 Å². The average Bonchev–Trinajstić information content (AvgIpc) is 3.00. The topological polar surface area (TPSA) is 64.7 Å². The van der Waals surface area contributed by atoms with Gasteiger partial charge in [0.15, 0.2) is 0 Å². The predicted octanol–water partition coefficient (Wildman–Crippen LogP) is 4.43. The molecule has 6 nitrogen and oxygen atoms in total. The lowest BCUT2D eigenvalue weighted by Crippen LogP contribution is -2.46. The molecule has 194 valence electrons. The summed E-state index contributed by atoms with van der Waals surface area (Å²) in [5.74, 6) is 0.500. The van der Waals surface area contributed by atoms with Gasteiger partial charge in [0.25, 0.3) is 0 Å². The second kappa shape index (κ2) is 12.4. The van der Waals surface area contributed by atoms with E-state index in [1.165, 1.54) is 27.4 Å². The Hall–Kier alpha value is -1.80. The molecule has 1 aliphatic carbocycles. The van der Waals surface area contributed by atoms with Crippen LogP contribution in [0.25, 0.3) is 6.08 Å². The second-order valence-electron chi connectivity index (χ2n) is 9.23. The van der Waals surface area contributed by atoms with Gasteiger partial charge in [-0.15, -0.1) is 0 Å². The maximum absolute atomic E-state index is 12.0. The average molecular weight is 521 g/mol. The van der Waals surface area contributed by atoms with Crippen molar-refractivity contribution in [2.45, 2.75) is 45.6 Å². The third-order valence-corrected chi connectivity index (χ3v) is 8.76. The van der Waals surface area contributed by atoms with E-state index < -0.39 is 10.0 Å². The van der Waals surface area contributed by atoms with Crippen LogP contribution in [0.3, 0.4) is 0 Å². The molecule has 0 amide bonds.